The van der Waals surface area contributed by atoms with E-state index >= 15 is 0 Å². The Balaban J connectivity index is 2.17. The summed E-state index contributed by atoms with van der Waals surface area (Å²) >= 11 is 11.7. The number of amides is 3. The second-order valence-electron chi connectivity index (χ2n) is 4.84. The number of carbonyl (C=O) groups excluding carboxylic acids is 2. The van der Waals surface area contributed by atoms with E-state index in [1.54, 1.807) is 18.2 Å². The van der Waals surface area contributed by atoms with Gasteiger partial charge < -0.3 is 5.32 Å². The molecule has 19 heavy (non-hydrogen) atoms. The monoisotopic (exact) mass is 300 g/mol. The standard InChI is InChI=1S/C13H14Cl2N2O2/c1-7(2)11-12(18)17(13(19)16-11)6-8-3-4-9(14)10(15)5-8/h3-5,7,11H,6H2,1-2H3,(H,16,19). The molecule has 3 amide bonds. The summed E-state index contributed by atoms with van der Waals surface area (Å²) in [4.78, 5) is 25.1. The molecule has 1 heterocycles. The van der Waals surface area contributed by atoms with Crippen molar-refractivity contribution >= 4 is 35.1 Å². The number of halogens is 2. The summed E-state index contributed by atoms with van der Waals surface area (Å²) in [5, 5.41) is 3.53. The van der Waals surface area contributed by atoms with Gasteiger partial charge in [0.25, 0.3) is 5.91 Å². The molecule has 0 aliphatic carbocycles. The van der Waals surface area contributed by atoms with Gasteiger partial charge in [-0.3, -0.25) is 9.69 Å². The number of benzene rings is 1. The number of carbonyl (C=O) groups is 2. The molecule has 1 N–H and O–H groups in total. The summed E-state index contributed by atoms with van der Waals surface area (Å²) in [7, 11) is 0. The van der Waals surface area contributed by atoms with Crippen molar-refractivity contribution in [1.29, 1.82) is 0 Å². The van der Waals surface area contributed by atoms with Crippen molar-refractivity contribution in [2.75, 3.05) is 0 Å². The number of urea groups is 1. The van der Waals surface area contributed by atoms with Crippen molar-refractivity contribution in [2.45, 2.75) is 26.4 Å². The number of hydrogen-bond acceptors (Lipinski definition) is 2. The second kappa shape index (κ2) is 5.39. The number of imide groups is 1. The summed E-state index contributed by atoms with van der Waals surface area (Å²) in [6.45, 7) is 3.99. The van der Waals surface area contributed by atoms with Gasteiger partial charge >= 0.3 is 6.03 Å². The Morgan fingerprint density at radius 1 is 1.26 bits per heavy atom. The Morgan fingerprint density at radius 3 is 2.47 bits per heavy atom. The lowest BCUT2D eigenvalue weighted by Gasteiger charge is -2.14. The van der Waals surface area contributed by atoms with Crippen LogP contribution in [0, 0.1) is 5.92 Å². The molecule has 0 spiro atoms. The van der Waals surface area contributed by atoms with E-state index in [-0.39, 0.29) is 24.4 Å². The zero-order valence-electron chi connectivity index (χ0n) is 10.6. The Hall–Kier alpha value is -1.26. The molecular formula is C13H14Cl2N2O2. The van der Waals surface area contributed by atoms with Crippen LogP contribution in [0.3, 0.4) is 0 Å². The van der Waals surface area contributed by atoms with Gasteiger partial charge in [-0.15, -0.1) is 0 Å². The lowest BCUT2D eigenvalue weighted by atomic mass is 10.0. The molecule has 1 aliphatic rings. The topological polar surface area (TPSA) is 49.4 Å². The Kier molecular flexibility index (Phi) is 4.02. The van der Waals surface area contributed by atoms with E-state index in [1.807, 2.05) is 13.8 Å². The first kappa shape index (κ1) is 14.2. The third kappa shape index (κ3) is 2.85. The Labute approximate surface area is 121 Å². The van der Waals surface area contributed by atoms with E-state index in [2.05, 4.69) is 5.32 Å². The van der Waals surface area contributed by atoms with Gasteiger partial charge in [-0.2, -0.15) is 0 Å². The van der Waals surface area contributed by atoms with Gasteiger partial charge in [0, 0.05) is 0 Å². The summed E-state index contributed by atoms with van der Waals surface area (Å²) < 4.78 is 0. The molecule has 1 aromatic rings. The zero-order valence-corrected chi connectivity index (χ0v) is 12.1. The van der Waals surface area contributed by atoms with E-state index < -0.39 is 6.04 Å². The fourth-order valence-corrected chi connectivity index (χ4v) is 2.28. The molecule has 1 fully saturated rings. The molecule has 0 aromatic heterocycles. The van der Waals surface area contributed by atoms with Crippen molar-refractivity contribution in [3.63, 3.8) is 0 Å². The van der Waals surface area contributed by atoms with Gasteiger partial charge in [-0.05, 0) is 23.6 Å². The number of rotatable bonds is 3. The summed E-state index contributed by atoms with van der Waals surface area (Å²) in [6, 6.07) is 4.24. The molecule has 0 bridgehead atoms. The lowest BCUT2D eigenvalue weighted by molar-refractivity contribution is -0.128. The predicted molar refractivity (Wildman–Crippen MR) is 74.2 cm³/mol. The SMILES string of the molecule is CC(C)C1NC(=O)N(Cc2ccc(Cl)c(Cl)c2)C1=O. The van der Waals surface area contributed by atoms with Crippen LogP contribution in [0.15, 0.2) is 18.2 Å². The van der Waals surface area contributed by atoms with Crippen LogP contribution in [-0.2, 0) is 11.3 Å². The average Bonchev–Trinajstić information content (AvgIpc) is 2.62. The molecule has 1 unspecified atom stereocenters. The van der Waals surface area contributed by atoms with Gasteiger partial charge in [0.05, 0.1) is 16.6 Å². The molecule has 1 saturated heterocycles. The van der Waals surface area contributed by atoms with Crippen molar-refractivity contribution in [1.82, 2.24) is 10.2 Å². The van der Waals surface area contributed by atoms with Crippen LogP contribution in [-0.4, -0.2) is 22.9 Å². The molecule has 6 heteroatoms. The van der Waals surface area contributed by atoms with Crippen LogP contribution in [0.25, 0.3) is 0 Å². The van der Waals surface area contributed by atoms with Crippen molar-refractivity contribution in [3.05, 3.63) is 33.8 Å². The summed E-state index contributed by atoms with van der Waals surface area (Å²) in [6.07, 6.45) is 0. The summed E-state index contributed by atoms with van der Waals surface area (Å²) in [5.74, 6) is -0.138. The van der Waals surface area contributed by atoms with Crippen molar-refractivity contribution < 1.29 is 9.59 Å². The molecule has 102 valence electrons. The zero-order chi connectivity index (χ0) is 14.2. The number of hydrogen-bond donors (Lipinski definition) is 1. The number of nitrogens with zero attached hydrogens (tertiary/aromatic N) is 1. The van der Waals surface area contributed by atoms with Gasteiger partial charge in [-0.1, -0.05) is 43.1 Å². The van der Waals surface area contributed by atoms with E-state index in [4.69, 9.17) is 23.2 Å². The molecule has 0 saturated carbocycles. The minimum Gasteiger partial charge on any atom is -0.326 e. The molecule has 0 radical (unpaired) electrons. The quantitative estimate of drug-likeness (QED) is 0.872. The molecule has 2 rings (SSSR count). The van der Waals surface area contributed by atoms with Gasteiger partial charge in [0.15, 0.2) is 0 Å². The highest BCUT2D eigenvalue weighted by Gasteiger charge is 2.39. The maximum Gasteiger partial charge on any atom is 0.325 e. The first-order valence-electron chi connectivity index (χ1n) is 5.96. The third-order valence-electron chi connectivity index (χ3n) is 3.05. The van der Waals surface area contributed by atoms with Crippen LogP contribution >= 0.6 is 23.2 Å². The lowest BCUT2D eigenvalue weighted by Crippen LogP contribution is -2.34. The molecule has 4 nitrogen and oxygen atoms in total. The minimum absolute atomic E-state index is 0.0651. The molecular weight excluding hydrogens is 287 g/mol. The smallest absolute Gasteiger partial charge is 0.325 e. The maximum absolute atomic E-state index is 12.1. The number of nitrogens with one attached hydrogen (secondary N) is 1. The average molecular weight is 301 g/mol. The highest BCUT2D eigenvalue weighted by Crippen LogP contribution is 2.24. The van der Waals surface area contributed by atoms with E-state index in [9.17, 15) is 9.59 Å². The van der Waals surface area contributed by atoms with E-state index in [0.717, 1.165) is 5.56 Å². The summed E-state index contributed by atoms with van der Waals surface area (Å²) in [5.41, 5.74) is 0.766. The molecule has 1 aromatic carbocycles. The van der Waals surface area contributed by atoms with Crippen LogP contribution in [0.2, 0.25) is 10.0 Å². The maximum atomic E-state index is 12.1. The minimum atomic E-state index is -0.449. The van der Waals surface area contributed by atoms with Gasteiger partial charge in [-0.25, -0.2) is 4.79 Å². The largest absolute Gasteiger partial charge is 0.326 e. The first-order valence-corrected chi connectivity index (χ1v) is 6.71. The molecule has 1 atom stereocenters. The van der Waals surface area contributed by atoms with E-state index in [0.29, 0.717) is 10.0 Å². The predicted octanol–water partition coefficient (Wildman–Crippen LogP) is 3.07. The highest BCUT2D eigenvalue weighted by atomic mass is 35.5. The van der Waals surface area contributed by atoms with E-state index in [1.165, 1.54) is 4.90 Å². The molecule has 1 aliphatic heterocycles. The fourth-order valence-electron chi connectivity index (χ4n) is 1.96. The first-order chi connectivity index (χ1) is 8.90. The van der Waals surface area contributed by atoms with Crippen LogP contribution in [0.1, 0.15) is 19.4 Å². The highest BCUT2D eigenvalue weighted by molar-refractivity contribution is 6.42. The van der Waals surface area contributed by atoms with Crippen molar-refractivity contribution in [3.8, 4) is 0 Å². The van der Waals surface area contributed by atoms with Crippen LogP contribution in [0.5, 0.6) is 0 Å². The van der Waals surface area contributed by atoms with Crippen LogP contribution in [0.4, 0.5) is 4.79 Å². The Bertz CT molecular complexity index is 531. The van der Waals surface area contributed by atoms with Crippen molar-refractivity contribution in [2.24, 2.45) is 5.92 Å². The van der Waals surface area contributed by atoms with Crippen LogP contribution < -0.4 is 5.32 Å². The second-order valence-corrected chi connectivity index (χ2v) is 5.66. The fraction of sp³-hybridized carbons (Fsp3) is 0.385. The third-order valence-corrected chi connectivity index (χ3v) is 3.79. The normalized spacial score (nSPS) is 19.2. The Morgan fingerprint density at radius 2 is 1.95 bits per heavy atom. The van der Waals surface area contributed by atoms with Gasteiger partial charge in [0.2, 0.25) is 0 Å². The van der Waals surface area contributed by atoms with Gasteiger partial charge in [0.1, 0.15) is 6.04 Å².